The van der Waals surface area contributed by atoms with Gasteiger partial charge in [0.1, 0.15) is 5.75 Å². The van der Waals surface area contributed by atoms with Gasteiger partial charge >= 0.3 is 0 Å². The van der Waals surface area contributed by atoms with Crippen molar-refractivity contribution in [1.82, 2.24) is 0 Å². The van der Waals surface area contributed by atoms with Crippen LogP contribution in [0.5, 0.6) is 5.75 Å². The van der Waals surface area contributed by atoms with E-state index < -0.39 is 0 Å². The quantitative estimate of drug-likeness (QED) is 0.507. The molecule has 2 nitrogen and oxygen atoms in total. The van der Waals surface area contributed by atoms with E-state index in [0.29, 0.717) is 0 Å². The first-order valence-electron chi connectivity index (χ1n) is 8.67. The van der Waals surface area contributed by atoms with E-state index >= 15 is 0 Å². The largest absolute Gasteiger partial charge is 0.497 e. The zero-order chi connectivity index (χ0) is 15.3. The molecule has 0 spiro atoms. The first-order chi connectivity index (χ1) is 10.3. The first kappa shape index (κ1) is 18.0. The van der Waals surface area contributed by atoms with Crippen molar-refractivity contribution in [3.05, 3.63) is 29.8 Å². The van der Waals surface area contributed by atoms with E-state index in [2.05, 4.69) is 19.1 Å². The van der Waals surface area contributed by atoms with Gasteiger partial charge in [-0.2, -0.15) is 0 Å². The highest BCUT2D eigenvalue weighted by atomic mass is 16.5. The van der Waals surface area contributed by atoms with Gasteiger partial charge < -0.3 is 10.5 Å². The molecule has 1 aromatic carbocycles. The molecule has 0 aliphatic heterocycles. The summed E-state index contributed by atoms with van der Waals surface area (Å²) in [5, 5.41) is 0. The van der Waals surface area contributed by atoms with Crippen molar-refractivity contribution in [3.8, 4) is 5.75 Å². The highest BCUT2D eigenvalue weighted by Gasteiger charge is 2.06. The van der Waals surface area contributed by atoms with E-state index in [1.54, 1.807) is 7.11 Å². The van der Waals surface area contributed by atoms with Crippen LogP contribution in [0.3, 0.4) is 0 Å². The van der Waals surface area contributed by atoms with Gasteiger partial charge in [-0.1, -0.05) is 76.8 Å². The van der Waals surface area contributed by atoms with Crippen molar-refractivity contribution in [2.45, 2.75) is 77.2 Å². The third kappa shape index (κ3) is 8.11. The third-order valence-corrected chi connectivity index (χ3v) is 4.14. The van der Waals surface area contributed by atoms with Crippen LogP contribution >= 0.6 is 0 Å². The SMILES string of the molecule is CCCCCCCCCCCC(N)c1cccc(OC)c1. The third-order valence-electron chi connectivity index (χ3n) is 4.14. The minimum absolute atomic E-state index is 0.143. The smallest absolute Gasteiger partial charge is 0.119 e. The summed E-state index contributed by atoms with van der Waals surface area (Å²) in [5.41, 5.74) is 7.45. The van der Waals surface area contributed by atoms with Gasteiger partial charge in [0.2, 0.25) is 0 Å². The normalized spacial score (nSPS) is 12.3. The van der Waals surface area contributed by atoms with E-state index in [4.69, 9.17) is 10.5 Å². The summed E-state index contributed by atoms with van der Waals surface area (Å²) in [4.78, 5) is 0. The molecule has 0 aromatic heterocycles. The Kier molecular flexibility index (Phi) is 9.98. The molecule has 2 heteroatoms. The summed E-state index contributed by atoms with van der Waals surface area (Å²) in [5.74, 6) is 0.898. The fourth-order valence-electron chi connectivity index (χ4n) is 2.71. The van der Waals surface area contributed by atoms with E-state index in [1.165, 1.54) is 63.4 Å². The maximum absolute atomic E-state index is 6.26. The Morgan fingerprint density at radius 3 is 2.19 bits per heavy atom. The lowest BCUT2D eigenvalue weighted by atomic mass is 10.00. The maximum atomic E-state index is 6.26. The summed E-state index contributed by atoms with van der Waals surface area (Å²) in [7, 11) is 1.70. The monoisotopic (exact) mass is 291 g/mol. The number of hydrogen-bond donors (Lipinski definition) is 1. The molecule has 0 radical (unpaired) electrons. The predicted octanol–water partition coefficient (Wildman–Crippen LogP) is 5.62. The van der Waals surface area contributed by atoms with Crippen molar-refractivity contribution >= 4 is 0 Å². The van der Waals surface area contributed by atoms with Crippen LogP contribution in [0, 0.1) is 0 Å². The minimum Gasteiger partial charge on any atom is -0.497 e. The number of benzene rings is 1. The van der Waals surface area contributed by atoms with Crippen molar-refractivity contribution < 1.29 is 4.74 Å². The average molecular weight is 291 g/mol. The van der Waals surface area contributed by atoms with Crippen LogP contribution in [0.25, 0.3) is 0 Å². The molecule has 0 fully saturated rings. The Bertz CT molecular complexity index is 364. The molecule has 1 aromatic rings. The van der Waals surface area contributed by atoms with Crippen LogP contribution in [0.4, 0.5) is 0 Å². The number of methoxy groups -OCH3 is 1. The zero-order valence-corrected chi connectivity index (χ0v) is 13.9. The molecule has 1 rings (SSSR count). The van der Waals surface area contributed by atoms with Crippen LogP contribution in [-0.4, -0.2) is 7.11 Å². The van der Waals surface area contributed by atoms with Gasteiger partial charge in [0, 0.05) is 6.04 Å². The lowest BCUT2D eigenvalue weighted by Gasteiger charge is -2.13. The summed E-state index contributed by atoms with van der Waals surface area (Å²) in [6, 6.07) is 8.28. The molecular formula is C19H33NO. The fourth-order valence-corrected chi connectivity index (χ4v) is 2.71. The average Bonchev–Trinajstić information content (AvgIpc) is 2.53. The molecule has 0 heterocycles. The van der Waals surface area contributed by atoms with Crippen molar-refractivity contribution in [2.75, 3.05) is 7.11 Å². The molecule has 0 aliphatic carbocycles. The second-order valence-corrected chi connectivity index (χ2v) is 6.00. The second kappa shape index (κ2) is 11.6. The molecule has 1 unspecified atom stereocenters. The molecule has 0 amide bonds. The standard InChI is InChI=1S/C19H33NO/c1-3-4-5-6-7-8-9-10-11-15-19(20)17-13-12-14-18(16-17)21-2/h12-14,16,19H,3-11,15,20H2,1-2H3. The van der Waals surface area contributed by atoms with E-state index in [9.17, 15) is 0 Å². The highest BCUT2D eigenvalue weighted by molar-refractivity contribution is 5.30. The van der Waals surface area contributed by atoms with Crippen LogP contribution < -0.4 is 10.5 Å². The molecule has 2 N–H and O–H groups in total. The van der Waals surface area contributed by atoms with Crippen LogP contribution in [-0.2, 0) is 0 Å². The van der Waals surface area contributed by atoms with Crippen LogP contribution in [0.15, 0.2) is 24.3 Å². The van der Waals surface area contributed by atoms with Gasteiger partial charge in [0.05, 0.1) is 7.11 Å². The number of rotatable bonds is 12. The van der Waals surface area contributed by atoms with Gasteiger partial charge in [0.15, 0.2) is 0 Å². The Hall–Kier alpha value is -1.02. The Morgan fingerprint density at radius 1 is 0.952 bits per heavy atom. The first-order valence-corrected chi connectivity index (χ1v) is 8.67. The topological polar surface area (TPSA) is 35.2 Å². The van der Waals surface area contributed by atoms with Gasteiger partial charge in [-0.15, -0.1) is 0 Å². The van der Waals surface area contributed by atoms with Crippen LogP contribution in [0.2, 0.25) is 0 Å². The minimum atomic E-state index is 0.143. The second-order valence-electron chi connectivity index (χ2n) is 6.00. The molecule has 120 valence electrons. The number of ether oxygens (including phenoxy) is 1. The summed E-state index contributed by atoms with van der Waals surface area (Å²) < 4.78 is 5.25. The molecule has 1 atom stereocenters. The number of unbranched alkanes of at least 4 members (excludes halogenated alkanes) is 8. The summed E-state index contributed by atoms with van der Waals surface area (Å²) in [6.07, 6.45) is 13.3. The fraction of sp³-hybridized carbons (Fsp3) is 0.684. The van der Waals surface area contributed by atoms with Gasteiger partial charge in [-0.25, -0.2) is 0 Å². The van der Waals surface area contributed by atoms with Gasteiger partial charge in [0.25, 0.3) is 0 Å². The maximum Gasteiger partial charge on any atom is 0.119 e. The van der Waals surface area contributed by atoms with E-state index in [0.717, 1.165) is 12.2 Å². The molecule has 0 aliphatic rings. The molecule has 0 bridgehead atoms. The molecule has 0 saturated carbocycles. The number of nitrogens with two attached hydrogens (primary N) is 1. The Morgan fingerprint density at radius 2 is 1.57 bits per heavy atom. The molecule has 0 saturated heterocycles. The lowest BCUT2D eigenvalue weighted by molar-refractivity contribution is 0.413. The summed E-state index contributed by atoms with van der Waals surface area (Å²) in [6.45, 7) is 2.27. The molecule has 21 heavy (non-hydrogen) atoms. The zero-order valence-electron chi connectivity index (χ0n) is 13.9. The van der Waals surface area contributed by atoms with Crippen molar-refractivity contribution in [1.29, 1.82) is 0 Å². The number of hydrogen-bond acceptors (Lipinski definition) is 2. The summed E-state index contributed by atoms with van der Waals surface area (Å²) >= 11 is 0. The van der Waals surface area contributed by atoms with E-state index in [-0.39, 0.29) is 6.04 Å². The lowest BCUT2D eigenvalue weighted by Crippen LogP contribution is -2.10. The van der Waals surface area contributed by atoms with Gasteiger partial charge in [-0.05, 0) is 24.1 Å². The van der Waals surface area contributed by atoms with Gasteiger partial charge in [-0.3, -0.25) is 0 Å². The predicted molar refractivity (Wildman–Crippen MR) is 91.8 cm³/mol. The van der Waals surface area contributed by atoms with Crippen molar-refractivity contribution in [2.24, 2.45) is 5.73 Å². The van der Waals surface area contributed by atoms with Crippen LogP contribution in [0.1, 0.15) is 82.7 Å². The van der Waals surface area contributed by atoms with E-state index in [1.807, 2.05) is 12.1 Å². The molecular weight excluding hydrogens is 258 g/mol. The van der Waals surface area contributed by atoms with Crippen molar-refractivity contribution in [3.63, 3.8) is 0 Å². The Labute approximate surface area is 131 Å². The Balaban J connectivity index is 2.06. The highest BCUT2D eigenvalue weighted by Crippen LogP contribution is 2.22.